The summed E-state index contributed by atoms with van der Waals surface area (Å²) in [7, 11) is 4.74. The second kappa shape index (κ2) is 13.4. The molecule has 0 radical (unpaired) electrons. The van der Waals surface area contributed by atoms with E-state index in [1.165, 1.54) is 14.2 Å². The maximum Gasteiger partial charge on any atom is 0.243 e. The summed E-state index contributed by atoms with van der Waals surface area (Å²) in [5, 5.41) is 2.57. The smallest absolute Gasteiger partial charge is 0.243 e. The maximum absolute atomic E-state index is 13.1. The summed E-state index contributed by atoms with van der Waals surface area (Å²) >= 11 is 0. The average Bonchev–Trinajstić information content (AvgIpc) is 2.81. The van der Waals surface area contributed by atoms with Crippen molar-refractivity contribution in [3.05, 3.63) is 23.3 Å². The van der Waals surface area contributed by atoms with Crippen molar-refractivity contribution in [3.8, 4) is 5.75 Å². The largest absolute Gasteiger partial charge is 0.497 e. The minimum Gasteiger partial charge on any atom is -0.497 e. The van der Waals surface area contributed by atoms with Gasteiger partial charge in [-0.1, -0.05) is 0 Å². The molecule has 2 rings (SSSR count). The third-order valence-electron chi connectivity index (χ3n) is 6.62. The predicted octanol–water partition coefficient (Wildman–Crippen LogP) is 1.40. The van der Waals surface area contributed by atoms with Crippen LogP contribution in [0.2, 0.25) is 0 Å². The molecule has 1 aliphatic rings. The van der Waals surface area contributed by atoms with Gasteiger partial charge in [-0.2, -0.15) is 4.31 Å². The number of amides is 2. The third-order valence-corrected chi connectivity index (χ3v) is 8.73. The second-order valence-electron chi connectivity index (χ2n) is 9.74. The Balaban J connectivity index is 1.84. The Hall–Kier alpha value is -2.21. The van der Waals surface area contributed by atoms with Crippen LogP contribution in [0.5, 0.6) is 5.75 Å². The molecule has 0 aromatic heterocycles. The van der Waals surface area contributed by atoms with Crippen molar-refractivity contribution in [1.82, 2.24) is 19.4 Å². The number of rotatable bonds is 12. The van der Waals surface area contributed by atoms with Crippen LogP contribution in [0.3, 0.4) is 0 Å². The van der Waals surface area contributed by atoms with Gasteiger partial charge >= 0.3 is 0 Å². The molecule has 36 heavy (non-hydrogen) atoms. The van der Waals surface area contributed by atoms with Crippen molar-refractivity contribution >= 4 is 21.8 Å². The molecule has 0 atom stereocenters. The van der Waals surface area contributed by atoms with E-state index in [-0.39, 0.29) is 36.0 Å². The first-order valence-corrected chi connectivity index (χ1v) is 13.7. The van der Waals surface area contributed by atoms with Gasteiger partial charge in [-0.3, -0.25) is 9.59 Å². The van der Waals surface area contributed by atoms with Gasteiger partial charge in [-0.25, -0.2) is 8.42 Å². The average molecular weight is 527 g/mol. The number of hydrogen-bond acceptors (Lipinski definition) is 7. The number of carbonyl (C=O) groups is 2. The summed E-state index contributed by atoms with van der Waals surface area (Å²) in [6.45, 7) is 4.39. The molecule has 0 unspecified atom stereocenters. The van der Waals surface area contributed by atoms with Crippen LogP contribution in [0, 0.1) is 13.8 Å². The van der Waals surface area contributed by atoms with Crippen LogP contribution in [0.15, 0.2) is 17.0 Å². The Morgan fingerprint density at radius 1 is 1.03 bits per heavy atom. The second-order valence-corrected chi connectivity index (χ2v) is 11.7. The van der Waals surface area contributed by atoms with E-state index in [9.17, 15) is 18.0 Å². The highest BCUT2D eigenvalue weighted by molar-refractivity contribution is 7.89. The number of methoxy groups -OCH3 is 1. The number of benzene rings is 1. The van der Waals surface area contributed by atoms with E-state index in [0.29, 0.717) is 23.5 Å². The minimum absolute atomic E-state index is 0.104. The van der Waals surface area contributed by atoms with E-state index < -0.39 is 15.9 Å². The molecule has 1 N–H and O–H groups in total. The molecule has 1 fully saturated rings. The highest BCUT2D eigenvalue weighted by Crippen LogP contribution is 2.28. The normalized spacial score (nSPS) is 18.4. The number of likely N-dealkylation sites (N-methyl/N-ethyl adjacent to an activating group) is 3. The third kappa shape index (κ3) is 8.16. The van der Waals surface area contributed by atoms with Crippen LogP contribution in [-0.4, -0.2) is 108 Å². The van der Waals surface area contributed by atoms with Crippen LogP contribution >= 0.6 is 0 Å². The fourth-order valence-electron chi connectivity index (χ4n) is 4.44. The van der Waals surface area contributed by atoms with Crippen LogP contribution in [0.25, 0.3) is 0 Å². The Kier molecular flexibility index (Phi) is 11.1. The first-order valence-electron chi connectivity index (χ1n) is 12.3. The van der Waals surface area contributed by atoms with Gasteiger partial charge in [0.05, 0.1) is 37.8 Å². The zero-order valence-electron chi connectivity index (χ0n) is 22.7. The molecule has 1 saturated carbocycles. The Bertz CT molecular complexity index is 983. The molecule has 0 heterocycles. The van der Waals surface area contributed by atoms with E-state index >= 15 is 0 Å². The molecule has 1 aromatic rings. The Labute approximate surface area is 215 Å². The summed E-state index contributed by atoms with van der Waals surface area (Å²) < 4.78 is 38.3. The number of nitrogens with zero attached hydrogens (tertiary/aromatic N) is 3. The highest BCUT2D eigenvalue weighted by atomic mass is 32.2. The Morgan fingerprint density at radius 3 is 2.14 bits per heavy atom. The van der Waals surface area contributed by atoms with E-state index in [1.54, 1.807) is 37.9 Å². The van der Waals surface area contributed by atoms with E-state index in [2.05, 4.69) is 10.2 Å². The van der Waals surface area contributed by atoms with Crippen molar-refractivity contribution < 1.29 is 27.5 Å². The minimum atomic E-state index is -3.90. The monoisotopic (exact) mass is 526 g/mol. The molecular weight excluding hydrogens is 484 g/mol. The molecule has 11 heteroatoms. The number of carbonyl (C=O) groups excluding carboxylic acids is 2. The van der Waals surface area contributed by atoms with Crippen LogP contribution in [0.4, 0.5) is 0 Å². The van der Waals surface area contributed by atoms with Crippen LogP contribution < -0.4 is 10.1 Å². The lowest BCUT2D eigenvalue weighted by molar-refractivity contribution is -0.134. The number of ether oxygens (including phenoxy) is 2. The lowest BCUT2D eigenvalue weighted by Gasteiger charge is -2.34. The van der Waals surface area contributed by atoms with Crippen LogP contribution in [0.1, 0.15) is 36.8 Å². The lowest BCUT2D eigenvalue weighted by Crippen LogP contribution is -2.47. The number of nitrogens with one attached hydrogen (secondary N) is 1. The molecule has 0 saturated heterocycles. The predicted molar refractivity (Wildman–Crippen MR) is 139 cm³/mol. The summed E-state index contributed by atoms with van der Waals surface area (Å²) in [6.07, 6.45) is 3.72. The van der Waals surface area contributed by atoms with E-state index in [0.717, 1.165) is 36.5 Å². The fraction of sp³-hybridized carbons (Fsp3) is 0.680. The van der Waals surface area contributed by atoms with Gasteiger partial charge in [0.15, 0.2) is 0 Å². The fourth-order valence-corrected chi connectivity index (χ4v) is 5.97. The standard InChI is InChI=1S/C25H42N4O6S/c1-18-14-22(34-7)15-19(2)25(18)36(32,33)28(5)17-23(30)26-16-24(31)29(6)20-8-10-21(11-9-20)35-13-12-27(3)4/h14-15,20-21H,8-13,16-17H2,1-7H3,(H,26,30)/t20-,21+. The number of sulfonamides is 1. The van der Waals surface area contributed by atoms with Gasteiger partial charge in [0.1, 0.15) is 5.75 Å². The van der Waals surface area contributed by atoms with Gasteiger partial charge in [0.2, 0.25) is 21.8 Å². The summed E-state index contributed by atoms with van der Waals surface area (Å²) in [5.41, 5.74) is 1.07. The van der Waals surface area contributed by atoms with E-state index in [1.807, 2.05) is 14.1 Å². The molecule has 1 aliphatic carbocycles. The Morgan fingerprint density at radius 2 is 1.61 bits per heavy atom. The van der Waals surface area contributed by atoms with E-state index in [4.69, 9.17) is 9.47 Å². The van der Waals surface area contributed by atoms with Crippen molar-refractivity contribution in [2.24, 2.45) is 0 Å². The zero-order chi connectivity index (χ0) is 27.0. The lowest BCUT2D eigenvalue weighted by atomic mass is 9.92. The van der Waals surface area contributed by atoms with Gasteiger partial charge in [0, 0.05) is 26.7 Å². The number of hydrogen-bond donors (Lipinski definition) is 1. The first-order chi connectivity index (χ1) is 16.9. The molecule has 204 valence electrons. The quantitative estimate of drug-likeness (QED) is 0.439. The molecular formula is C25H42N4O6S. The molecule has 1 aromatic carbocycles. The molecule has 2 amide bonds. The molecule has 0 aliphatic heterocycles. The van der Waals surface area contributed by atoms with Gasteiger partial charge < -0.3 is 24.6 Å². The van der Waals surface area contributed by atoms with Crippen molar-refractivity contribution in [2.75, 3.05) is 61.5 Å². The molecule has 10 nitrogen and oxygen atoms in total. The summed E-state index contributed by atoms with van der Waals surface area (Å²) in [6, 6.07) is 3.39. The topological polar surface area (TPSA) is 108 Å². The van der Waals surface area contributed by atoms with Crippen molar-refractivity contribution in [2.45, 2.75) is 56.6 Å². The van der Waals surface area contributed by atoms with Gasteiger partial charge in [-0.15, -0.1) is 0 Å². The highest BCUT2D eigenvalue weighted by Gasteiger charge is 2.29. The van der Waals surface area contributed by atoms with Crippen molar-refractivity contribution in [3.63, 3.8) is 0 Å². The molecule has 0 spiro atoms. The summed E-state index contributed by atoms with van der Waals surface area (Å²) in [5.74, 6) is -0.172. The van der Waals surface area contributed by atoms with Crippen LogP contribution in [-0.2, 0) is 24.3 Å². The maximum atomic E-state index is 13.1. The number of aryl methyl sites for hydroxylation is 2. The zero-order valence-corrected chi connectivity index (χ0v) is 23.5. The first kappa shape index (κ1) is 30.0. The SMILES string of the molecule is COc1cc(C)c(S(=O)(=O)N(C)CC(=O)NCC(=O)N(C)[C@H]2CC[C@@H](OCCN(C)C)CC2)c(C)c1. The molecule has 0 bridgehead atoms. The van der Waals surface area contributed by atoms with Gasteiger partial charge in [0.25, 0.3) is 0 Å². The summed E-state index contributed by atoms with van der Waals surface area (Å²) in [4.78, 5) is 29.0. The van der Waals surface area contributed by atoms with Gasteiger partial charge in [-0.05, 0) is 76.9 Å². The van der Waals surface area contributed by atoms with Crippen molar-refractivity contribution in [1.29, 1.82) is 0 Å².